The van der Waals surface area contributed by atoms with Crippen molar-refractivity contribution >= 4 is 35.0 Å². The van der Waals surface area contributed by atoms with Crippen LogP contribution in [-0.2, 0) is 0 Å². The maximum atomic E-state index is 11.0. The minimum atomic E-state index is -0.752. The number of nitrogens with zero attached hydrogens (tertiary/aromatic N) is 4. The zero-order valence-corrected chi connectivity index (χ0v) is 13.0. The highest BCUT2D eigenvalue weighted by molar-refractivity contribution is 5.79. The molecule has 132 valence electrons. The molecule has 0 saturated heterocycles. The number of nitro benzene ring substituents is 3. The molecule has 26 heavy (non-hydrogen) atoms. The summed E-state index contributed by atoms with van der Waals surface area (Å²) in [5.41, 5.74) is 2.23. The van der Waals surface area contributed by atoms with Crippen molar-refractivity contribution in [2.75, 3.05) is 5.43 Å². The number of hydrogen-bond acceptors (Lipinski definition) is 8. The third-order valence-electron chi connectivity index (χ3n) is 3.13. The summed E-state index contributed by atoms with van der Waals surface area (Å²) >= 11 is 0. The molecule has 2 rings (SSSR count). The summed E-state index contributed by atoms with van der Waals surface area (Å²) in [6.45, 7) is 0. The molecule has 1 N–H and O–H groups in total. The molecule has 0 aliphatic rings. The van der Waals surface area contributed by atoms with Gasteiger partial charge in [-0.05, 0) is 29.8 Å². The van der Waals surface area contributed by atoms with Crippen molar-refractivity contribution in [2.24, 2.45) is 5.10 Å². The van der Waals surface area contributed by atoms with Gasteiger partial charge in [0.1, 0.15) is 5.69 Å². The monoisotopic (exact) mass is 357 g/mol. The van der Waals surface area contributed by atoms with E-state index in [1.165, 1.54) is 30.5 Å². The summed E-state index contributed by atoms with van der Waals surface area (Å²) in [6.07, 6.45) is 4.46. The standard InChI is InChI=1S/C15H11N5O6/c21-18(22)12-5-3-11(4-6-12)2-1-9-16-17-14-8-7-13(19(23)24)10-15(14)20(25)26/h1-10,17H/b2-1+,16-9+. The highest BCUT2D eigenvalue weighted by Crippen LogP contribution is 2.28. The molecule has 11 nitrogen and oxygen atoms in total. The average molecular weight is 357 g/mol. The predicted octanol–water partition coefficient (Wildman–Crippen LogP) is 3.52. The molecule has 0 unspecified atom stereocenters. The van der Waals surface area contributed by atoms with Crippen molar-refractivity contribution in [1.29, 1.82) is 0 Å². The van der Waals surface area contributed by atoms with E-state index in [1.807, 2.05) is 0 Å². The van der Waals surface area contributed by atoms with Crippen LogP contribution in [0, 0.1) is 30.3 Å². The van der Waals surface area contributed by atoms with Gasteiger partial charge in [-0.25, -0.2) is 0 Å². The molecule has 11 heteroatoms. The van der Waals surface area contributed by atoms with E-state index < -0.39 is 26.1 Å². The van der Waals surface area contributed by atoms with E-state index >= 15 is 0 Å². The van der Waals surface area contributed by atoms with Gasteiger partial charge in [-0.3, -0.25) is 35.8 Å². The third-order valence-corrected chi connectivity index (χ3v) is 3.13. The molecule has 2 aromatic carbocycles. The van der Waals surface area contributed by atoms with E-state index in [-0.39, 0.29) is 11.4 Å². The Morgan fingerprint density at radius 1 is 0.846 bits per heavy atom. The predicted molar refractivity (Wildman–Crippen MR) is 94.0 cm³/mol. The topological polar surface area (TPSA) is 154 Å². The van der Waals surface area contributed by atoms with Crippen LogP contribution in [0.4, 0.5) is 22.7 Å². The Morgan fingerprint density at radius 2 is 1.46 bits per heavy atom. The lowest BCUT2D eigenvalue weighted by Crippen LogP contribution is -1.98. The van der Waals surface area contributed by atoms with E-state index in [9.17, 15) is 30.3 Å². The maximum absolute atomic E-state index is 11.0. The van der Waals surface area contributed by atoms with Crippen LogP contribution in [0.15, 0.2) is 53.6 Å². The lowest BCUT2D eigenvalue weighted by molar-refractivity contribution is -0.393. The molecule has 0 bridgehead atoms. The molecule has 0 aliphatic carbocycles. The Kier molecular flexibility index (Phi) is 5.67. The minimum absolute atomic E-state index is 0.000543. The summed E-state index contributed by atoms with van der Waals surface area (Å²) in [5, 5.41) is 36.0. The fourth-order valence-electron chi connectivity index (χ4n) is 1.89. The highest BCUT2D eigenvalue weighted by Gasteiger charge is 2.18. The summed E-state index contributed by atoms with van der Waals surface area (Å²) in [5.74, 6) is 0. The molecule has 0 atom stereocenters. The van der Waals surface area contributed by atoms with Gasteiger partial charge in [-0.1, -0.05) is 6.08 Å². The molecular weight excluding hydrogens is 346 g/mol. The number of hydrazone groups is 1. The van der Waals surface area contributed by atoms with Gasteiger partial charge in [0.15, 0.2) is 0 Å². The van der Waals surface area contributed by atoms with Crippen LogP contribution < -0.4 is 5.43 Å². The number of benzene rings is 2. The first-order valence-electron chi connectivity index (χ1n) is 7.01. The first kappa shape index (κ1) is 18.2. The number of anilines is 1. The van der Waals surface area contributed by atoms with Crippen molar-refractivity contribution in [3.63, 3.8) is 0 Å². The Morgan fingerprint density at radius 3 is 2.04 bits per heavy atom. The fourth-order valence-corrected chi connectivity index (χ4v) is 1.89. The number of nitrogens with one attached hydrogen (secondary N) is 1. The molecule has 0 amide bonds. The van der Waals surface area contributed by atoms with Crippen molar-refractivity contribution in [3.8, 4) is 0 Å². The second-order valence-electron chi connectivity index (χ2n) is 4.81. The molecule has 0 aromatic heterocycles. The van der Waals surface area contributed by atoms with Crippen LogP contribution in [0.2, 0.25) is 0 Å². The normalized spacial score (nSPS) is 10.9. The quantitative estimate of drug-likeness (QED) is 0.451. The zero-order valence-electron chi connectivity index (χ0n) is 13.0. The zero-order chi connectivity index (χ0) is 19.1. The van der Waals surface area contributed by atoms with E-state index in [0.717, 1.165) is 12.1 Å². The number of non-ortho nitro benzene ring substituents is 2. The van der Waals surface area contributed by atoms with Crippen LogP contribution in [0.25, 0.3) is 6.08 Å². The van der Waals surface area contributed by atoms with Gasteiger partial charge in [0.25, 0.3) is 11.4 Å². The van der Waals surface area contributed by atoms with Crippen molar-refractivity contribution in [2.45, 2.75) is 0 Å². The second-order valence-corrected chi connectivity index (χ2v) is 4.81. The van der Waals surface area contributed by atoms with Crippen LogP contribution in [0.1, 0.15) is 5.56 Å². The second kappa shape index (κ2) is 8.10. The van der Waals surface area contributed by atoms with Gasteiger partial charge in [0, 0.05) is 24.4 Å². The summed E-state index contributed by atoms with van der Waals surface area (Å²) in [4.78, 5) is 30.2. The number of allylic oxidation sites excluding steroid dienone is 1. The summed E-state index contributed by atoms with van der Waals surface area (Å²) < 4.78 is 0. The Bertz CT molecular complexity index is 907. The Labute approximate surface area is 145 Å². The van der Waals surface area contributed by atoms with Crippen molar-refractivity contribution in [1.82, 2.24) is 0 Å². The fraction of sp³-hybridized carbons (Fsp3) is 0. The SMILES string of the molecule is O=[N+]([O-])c1ccc(/C=C/C=N/Nc2ccc([N+](=O)[O-])cc2[N+](=O)[O-])cc1. The van der Waals surface area contributed by atoms with Crippen LogP contribution in [0.3, 0.4) is 0 Å². The first-order chi connectivity index (χ1) is 12.4. The highest BCUT2D eigenvalue weighted by atomic mass is 16.6. The number of rotatable bonds is 7. The molecular formula is C15H11N5O6. The lowest BCUT2D eigenvalue weighted by atomic mass is 10.2. The van der Waals surface area contributed by atoms with Crippen molar-refractivity contribution < 1.29 is 14.8 Å². The molecule has 0 saturated carbocycles. The molecule has 0 radical (unpaired) electrons. The van der Waals surface area contributed by atoms with Gasteiger partial charge in [-0.2, -0.15) is 5.10 Å². The van der Waals surface area contributed by atoms with Crippen LogP contribution in [0.5, 0.6) is 0 Å². The molecule has 0 fully saturated rings. The van der Waals surface area contributed by atoms with Crippen LogP contribution >= 0.6 is 0 Å². The lowest BCUT2D eigenvalue weighted by Gasteiger charge is -2.01. The van der Waals surface area contributed by atoms with Crippen LogP contribution in [-0.4, -0.2) is 21.0 Å². The van der Waals surface area contributed by atoms with E-state index in [0.29, 0.717) is 5.56 Å². The van der Waals surface area contributed by atoms with Gasteiger partial charge in [0.2, 0.25) is 0 Å². The smallest absolute Gasteiger partial charge is 0.272 e. The maximum Gasteiger partial charge on any atom is 0.301 e. The number of hydrogen-bond donors (Lipinski definition) is 1. The van der Waals surface area contributed by atoms with E-state index in [2.05, 4.69) is 10.5 Å². The van der Waals surface area contributed by atoms with Gasteiger partial charge in [0.05, 0.1) is 20.8 Å². The molecule has 0 heterocycles. The molecule has 0 spiro atoms. The van der Waals surface area contributed by atoms with Gasteiger partial charge < -0.3 is 0 Å². The average Bonchev–Trinajstić information content (AvgIpc) is 2.61. The van der Waals surface area contributed by atoms with E-state index in [4.69, 9.17) is 0 Å². The Balaban J connectivity index is 2.05. The van der Waals surface area contributed by atoms with E-state index in [1.54, 1.807) is 18.2 Å². The Hall–Kier alpha value is -4.15. The van der Waals surface area contributed by atoms with Gasteiger partial charge in [-0.15, -0.1) is 0 Å². The summed E-state index contributed by atoms with van der Waals surface area (Å²) in [6, 6.07) is 8.97. The largest absolute Gasteiger partial charge is 0.301 e. The first-order valence-corrected chi connectivity index (χ1v) is 7.01. The summed E-state index contributed by atoms with van der Waals surface area (Å²) in [7, 11) is 0. The number of nitro groups is 3. The van der Waals surface area contributed by atoms with Gasteiger partial charge >= 0.3 is 5.69 Å². The molecule has 2 aromatic rings. The minimum Gasteiger partial charge on any atom is -0.272 e. The third kappa shape index (κ3) is 4.67. The van der Waals surface area contributed by atoms with Crippen molar-refractivity contribution in [3.05, 3.63) is 84.4 Å². The molecule has 0 aliphatic heterocycles.